The van der Waals surface area contributed by atoms with E-state index in [1.165, 1.54) is 30.2 Å². The summed E-state index contributed by atoms with van der Waals surface area (Å²) in [5.74, 6) is -4.73. The Kier molecular flexibility index (Phi) is 5.04. The molecule has 24 heavy (non-hydrogen) atoms. The number of nitrogens with zero attached hydrogens (tertiary/aromatic N) is 1. The van der Waals surface area contributed by atoms with Crippen molar-refractivity contribution in [1.82, 2.24) is 4.90 Å². The molecule has 1 amide bonds. The third-order valence-corrected chi connectivity index (χ3v) is 4.92. The van der Waals surface area contributed by atoms with Crippen molar-refractivity contribution in [2.75, 3.05) is 20.3 Å². The van der Waals surface area contributed by atoms with Crippen molar-refractivity contribution >= 4 is 5.91 Å². The molecule has 132 valence electrons. The number of halogens is 2. The number of hydrogen-bond acceptors (Lipinski definition) is 3. The summed E-state index contributed by atoms with van der Waals surface area (Å²) in [7, 11) is 1.33. The van der Waals surface area contributed by atoms with Crippen molar-refractivity contribution in [2.45, 2.75) is 50.2 Å². The summed E-state index contributed by atoms with van der Waals surface area (Å²) in [6, 6.07) is 5.54. The molecule has 2 aliphatic rings. The zero-order valence-corrected chi connectivity index (χ0v) is 13.8. The van der Waals surface area contributed by atoms with E-state index in [2.05, 4.69) is 0 Å². The number of hydrogen-bond donors (Lipinski definition) is 0. The van der Waals surface area contributed by atoms with Crippen LogP contribution < -0.4 is 4.74 Å². The Bertz CT molecular complexity index is 587. The molecule has 2 fully saturated rings. The van der Waals surface area contributed by atoms with Crippen LogP contribution >= 0.6 is 0 Å². The van der Waals surface area contributed by atoms with E-state index in [0.29, 0.717) is 13.2 Å². The van der Waals surface area contributed by atoms with Gasteiger partial charge < -0.3 is 14.4 Å². The number of benzene rings is 1. The van der Waals surface area contributed by atoms with E-state index in [1.54, 1.807) is 6.07 Å². The average molecular weight is 339 g/mol. The molecule has 2 atom stereocenters. The van der Waals surface area contributed by atoms with Crippen LogP contribution in [-0.2, 0) is 15.5 Å². The Labute approximate surface area is 140 Å². The normalized spacial score (nSPS) is 24.9. The van der Waals surface area contributed by atoms with Gasteiger partial charge in [-0.05, 0) is 44.2 Å². The first-order chi connectivity index (χ1) is 11.6. The lowest BCUT2D eigenvalue weighted by Gasteiger charge is -2.35. The van der Waals surface area contributed by atoms with Crippen LogP contribution in [0.1, 0.15) is 37.7 Å². The van der Waals surface area contributed by atoms with Crippen LogP contribution in [-0.4, -0.2) is 43.2 Å². The zero-order valence-electron chi connectivity index (χ0n) is 13.8. The average Bonchev–Trinajstić information content (AvgIpc) is 3.11. The smallest absolute Gasteiger partial charge is 0.353 e. The molecule has 2 unspecified atom stereocenters. The predicted molar refractivity (Wildman–Crippen MR) is 85.2 cm³/mol. The fraction of sp³-hybridized carbons (Fsp3) is 0.611. The van der Waals surface area contributed by atoms with Gasteiger partial charge in [-0.2, -0.15) is 8.78 Å². The van der Waals surface area contributed by atoms with Crippen molar-refractivity contribution in [2.24, 2.45) is 0 Å². The molecule has 4 nitrogen and oxygen atoms in total. The van der Waals surface area contributed by atoms with Crippen LogP contribution in [0.15, 0.2) is 24.3 Å². The van der Waals surface area contributed by atoms with Crippen molar-refractivity contribution < 1.29 is 23.0 Å². The fourth-order valence-electron chi connectivity index (χ4n) is 3.70. The third-order valence-electron chi connectivity index (χ3n) is 4.92. The van der Waals surface area contributed by atoms with Crippen molar-refractivity contribution in [3.63, 3.8) is 0 Å². The predicted octanol–water partition coefficient (Wildman–Crippen LogP) is 3.35. The Morgan fingerprint density at radius 3 is 2.75 bits per heavy atom. The van der Waals surface area contributed by atoms with Gasteiger partial charge in [-0.1, -0.05) is 12.1 Å². The first-order valence-electron chi connectivity index (χ1n) is 8.49. The van der Waals surface area contributed by atoms with Crippen LogP contribution in [0.5, 0.6) is 5.75 Å². The molecule has 1 aromatic rings. The number of carbonyl (C=O) groups excluding carboxylic acids is 1. The number of alkyl halides is 2. The van der Waals surface area contributed by atoms with E-state index >= 15 is 0 Å². The van der Waals surface area contributed by atoms with Gasteiger partial charge in [0.15, 0.2) is 0 Å². The molecule has 0 aromatic heterocycles. The zero-order chi connectivity index (χ0) is 17.2. The summed E-state index contributed by atoms with van der Waals surface area (Å²) in [6.07, 6.45) is 4.17. The SMILES string of the molecule is COc1ccccc1C(F)(F)C(=O)N1CCCC1C1CCCCO1. The van der Waals surface area contributed by atoms with Crippen LogP contribution in [0.25, 0.3) is 0 Å². The molecule has 2 heterocycles. The van der Waals surface area contributed by atoms with E-state index in [1.807, 2.05) is 0 Å². The summed E-state index contributed by atoms with van der Waals surface area (Å²) >= 11 is 0. The van der Waals surface area contributed by atoms with Crippen molar-refractivity contribution in [1.29, 1.82) is 0 Å². The Balaban J connectivity index is 1.83. The number of likely N-dealkylation sites (tertiary alicyclic amines) is 1. The molecule has 2 aliphatic heterocycles. The number of carbonyl (C=O) groups is 1. The quantitative estimate of drug-likeness (QED) is 0.844. The van der Waals surface area contributed by atoms with Gasteiger partial charge in [-0.15, -0.1) is 0 Å². The molecule has 2 saturated heterocycles. The van der Waals surface area contributed by atoms with Gasteiger partial charge in [0, 0.05) is 13.2 Å². The van der Waals surface area contributed by atoms with Gasteiger partial charge in [0.1, 0.15) is 5.75 Å². The van der Waals surface area contributed by atoms with Gasteiger partial charge >= 0.3 is 5.92 Å². The third kappa shape index (κ3) is 3.11. The number of para-hydroxylation sites is 1. The summed E-state index contributed by atoms with van der Waals surface area (Å²) < 4.78 is 40.5. The largest absolute Gasteiger partial charge is 0.496 e. The molecule has 0 radical (unpaired) electrons. The monoisotopic (exact) mass is 339 g/mol. The lowest BCUT2D eigenvalue weighted by Crippen LogP contribution is -2.50. The highest BCUT2D eigenvalue weighted by Gasteiger charge is 2.49. The number of ether oxygens (including phenoxy) is 2. The first kappa shape index (κ1) is 17.1. The second-order valence-corrected chi connectivity index (χ2v) is 6.39. The lowest BCUT2D eigenvalue weighted by atomic mass is 9.99. The Morgan fingerprint density at radius 2 is 2.04 bits per heavy atom. The van der Waals surface area contributed by atoms with Gasteiger partial charge in [0.2, 0.25) is 0 Å². The van der Waals surface area contributed by atoms with Crippen LogP contribution in [0, 0.1) is 0 Å². The highest BCUT2D eigenvalue weighted by atomic mass is 19.3. The second-order valence-electron chi connectivity index (χ2n) is 6.39. The van der Waals surface area contributed by atoms with Gasteiger partial charge in [0.25, 0.3) is 5.91 Å². The lowest BCUT2D eigenvalue weighted by molar-refractivity contribution is -0.163. The minimum atomic E-state index is -3.61. The van der Waals surface area contributed by atoms with E-state index in [0.717, 1.165) is 32.1 Å². The molecular formula is C18H23F2NO3. The minimum absolute atomic E-state index is 0.0283. The second kappa shape index (κ2) is 7.05. The maximum absolute atomic E-state index is 14.9. The minimum Gasteiger partial charge on any atom is -0.496 e. The number of amides is 1. The van der Waals surface area contributed by atoms with E-state index in [4.69, 9.17) is 9.47 Å². The summed E-state index contributed by atoms with van der Waals surface area (Å²) in [5, 5.41) is 0. The Morgan fingerprint density at radius 1 is 1.25 bits per heavy atom. The van der Waals surface area contributed by atoms with Gasteiger partial charge in [-0.3, -0.25) is 4.79 Å². The summed E-state index contributed by atoms with van der Waals surface area (Å²) in [6.45, 7) is 1.00. The van der Waals surface area contributed by atoms with E-state index < -0.39 is 11.8 Å². The molecule has 1 aromatic carbocycles. The van der Waals surface area contributed by atoms with Crippen LogP contribution in [0.4, 0.5) is 8.78 Å². The molecule has 0 aliphatic carbocycles. The maximum Gasteiger partial charge on any atom is 0.353 e. The Hall–Kier alpha value is -1.69. The van der Waals surface area contributed by atoms with Crippen molar-refractivity contribution in [3.8, 4) is 5.75 Å². The standard InChI is InChI=1S/C18H23F2NO3/c1-23-15-9-3-2-7-13(15)18(19,20)17(22)21-11-6-8-14(21)16-10-4-5-12-24-16/h2-3,7,9,14,16H,4-6,8,10-12H2,1H3. The van der Waals surface area contributed by atoms with E-state index in [9.17, 15) is 13.6 Å². The molecule has 3 rings (SSSR count). The van der Waals surface area contributed by atoms with Gasteiger partial charge in [-0.25, -0.2) is 0 Å². The highest BCUT2D eigenvalue weighted by Crippen LogP contribution is 2.39. The van der Waals surface area contributed by atoms with Crippen LogP contribution in [0.3, 0.4) is 0 Å². The first-order valence-corrected chi connectivity index (χ1v) is 8.49. The summed E-state index contributed by atoms with van der Waals surface area (Å²) in [5.41, 5.74) is -0.382. The van der Waals surface area contributed by atoms with Crippen LogP contribution in [0.2, 0.25) is 0 Å². The molecule has 6 heteroatoms. The molecule has 0 bridgehead atoms. The van der Waals surface area contributed by atoms with E-state index in [-0.39, 0.29) is 23.5 Å². The topological polar surface area (TPSA) is 38.8 Å². The molecule has 0 N–H and O–H groups in total. The maximum atomic E-state index is 14.9. The number of rotatable bonds is 4. The van der Waals surface area contributed by atoms with Gasteiger partial charge in [0.05, 0.1) is 24.8 Å². The highest BCUT2D eigenvalue weighted by molar-refractivity contribution is 5.86. The number of methoxy groups -OCH3 is 1. The molecule has 0 spiro atoms. The van der Waals surface area contributed by atoms with Crippen molar-refractivity contribution in [3.05, 3.63) is 29.8 Å². The molecular weight excluding hydrogens is 316 g/mol. The molecule has 0 saturated carbocycles. The fourth-order valence-corrected chi connectivity index (χ4v) is 3.70. The summed E-state index contributed by atoms with van der Waals surface area (Å²) in [4.78, 5) is 14.0.